The lowest BCUT2D eigenvalue weighted by Crippen LogP contribution is -2.45. The van der Waals surface area contributed by atoms with E-state index in [0.29, 0.717) is 21.5 Å². The van der Waals surface area contributed by atoms with Crippen molar-refractivity contribution < 1.29 is 4.79 Å². The zero-order chi connectivity index (χ0) is 20.6. The third-order valence-corrected chi connectivity index (χ3v) is 6.31. The molecule has 0 spiro atoms. The number of hydrazone groups is 1. The largest absolute Gasteiger partial charge is 0.369 e. The van der Waals surface area contributed by atoms with Crippen molar-refractivity contribution in [2.75, 3.05) is 11.9 Å². The minimum Gasteiger partial charge on any atom is -0.369 e. The Morgan fingerprint density at radius 2 is 1.96 bits per heavy atom. The maximum absolute atomic E-state index is 12.2. The van der Waals surface area contributed by atoms with Crippen LogP contribution in [0.5, 0.6) is 0 Å². The number of nitrogens with one attached hydrogen (secondary N) is 1. The lowest BCUT2D eigenvalue weighted by Gasteiger charge is -2.45. The molecule has 148 valence electrons. The van der Waals surface area contributed by atoms with E-state index in [1.165, 1.54) is 17.3 Å². The van der Waals surface area contributed by atoms with Gasteiger partial charge in [0, 0.05) is 23.8 Å². The van der Waals surface area contributed by atoms with Crippen molar-refractivity contribution in [3.05, 3.63) is 62.6 Å². The summed E-state index contributed by atoms with van der Waals surface area (Å²) in [5.74, 6) is 0.125. The number of aryl methyl sites for hydroxylation is 1. The van der Waals surface area contributed by atoms with Gasteiger partial charge >= 0.3 is 0 Å². The van der Waals surface area contributed by atoms with Crippen LogP contribution in [0.1, 0.15) is 60.2 Å². The number of carbonyl (C=O) groups is 1. The Bertz CT molecular complexity index is 953. The summed E-state index contributed by atoms with van der Waals surface area (Å²) in [5.41, 5.74) is 7.77. The molecule has 0 aromatic heterocycles. The minimum absolute atomic E-state index is 0.127. The predicted molar refractivity (Wildman–Crippen MR) is 118 cm³/mol. The number of anilines is 1. The van der Waals surface area contributed by atoms with E-state index in [1.807, 2.05) is 0 Å². The molecule has 2 aromatic carbocycles. The molecule has 6 heteroatoms. The quantitative estimate of drug-likeness (QED) is 0.507. The second-order valence-corrected chi connectivity index (χ2v) is 8.89. The lowest BCUT2D eigenvalue weighted by atomic mass is 9.79. The van der Waals surface area contributed by atoms with Crippen molar-refractivity contribution >= 4 is 41.0 Å². The molecule has 3 rings (SSSR count). The molecular formula is C22H25Cl2N3O. The highest BCUT2D eigenvalue weighted by atomic mass is 35.5. The van der Waals surface area contributed by atoms with E-state index in [2.05, 4.69) is 62.3 Å². The fourth-order valence-corrected chi connectivity index (χ4v) is 4.03. The maximum atomic E-state index is 12.2. The summed E-state index contributed by atoms with van der Waals surface area (Å²) in [6.07, 6.45) is 2.78. The molecule has 4 nitrogen and oxygen atoms in total. The average Bonchev–Trinajstić information content (AvgIpc) is 2.62. The Balaban J connectivity index is 1.80. The first-order valence-electron chi connectivity index (χ1n) is 9.27. The van der Waals surface area contributed by atoms with Crippen LogP contribution in [0.4, 0.5) is 5.69 Å². The molecular weight excluding hydrogens is 393 g/mol. The van der Waals surface area contributed by atoms with Gasteiger partial charge in [0.25, 0.3) is 5.91 Å². The molecule has 28 heavy (non-hydrogen) atoms. The topological polar surface area (TPSA) is 44.7 Å². The number of hydrogen-bond donors (Lipinski definition) is 1. The molecule has 0 unspecified atom stereocenters. The zero-order valence-corrected chi connectivity index (χ0v) is 18.3. The molecule has 1 amide bonds. The van der Waals surface area contributed by atoms with Crippen molar-refractivity contribution in [3.63, 3.8) is 0 Å². The van der Waals surface area contributed by atoms with E-state index in [1.54, 1.807) is 18.3 Å². The van der Waals surface area contributed by atoms with Gasteiger partial charge in [-0.1, -0.05) is 30.1 Å². The molecule has 0 saturated heterocycles. The number of hydrogen-bond acceptors (Lipinski definition) is 3. The number of benzene rings is 2. The van der Waals surface area contributed by atoms with Crippen LogP contribution in [-0.2, 0) is 0 Å². The molecule has 1 N–H and O–H groups in total. The van der Waals surface area contributed by atoms with E-state index in [4.69, 9.17) is 23.2 Å². The molecule has 0 aliphatic carbocycles. The second-order valence-electron chi connectivity index (χ2n) is 8.07. The molecule has 1 atom stereocenters. The van der Waals surface area contributed by atoms with Crippen molar-refractivity contribution in [1.82, 2.24) is 5.43 Å². The van der Waals surface area contributed by atoms with E-state index >= 15 is 0 Å². The molecule has 0 bridgehead atoms. The lowest BCUT2D eigenvalue weighted by molar-refractivity contribution is 0.0955. The van der Waals surface area contributed by atoms with Crippen LogP contribution in [0, 0.1) is 6.92 Å². The monoisotopic (exact) mass is 417 g/mol. The summed E-state index contributed by atoms with van der Waals surface area (Å²) in [5, 5.41) is 4.89. The molecule has 0 saturated carbocycles. The minimum atomic E-state index is -0.333. The zero-order valence-electron chi connectivity index (χ0n) is 16.8. The Morgan fingerprint density at radius 1 is 1.25 bits per heavy atom. The molecule has 0 fully saturated rings. The van der Waals surface area contributed by atoms with Gasteiger partial charge in [-0.05, 0) is 80.1 Å². The molecule has 1 aliphatic heterocycles. The van der Waals surface area contributed by atoms with Gasteiger partial charge in [-0.25, -0.2) is 5.43 Å². The van der Waals surface area contributed by atoms with Gasteiger partial charge in [-0.3, -0.25) is 4.79 Å². The number of carbonyl (C=O) groups excluding carboxylic acids is 1. The second kappa shape index (κ2) is 7.76. The van der Waals surface area contributed by atoms with E-state index < -0.39 is 0 Å². The van der Waals surface area contributed by atoms with Crippen LogP contribution < -0.4 is 10.3 Å². The Labute approximate surface area is 176 Å². The van der Waals surface area contributed by atoms with Gasteiger partial charge in [-0.2, -0.15) is 5.10 Å². The number of halogens is 2. The van der Waals surface area contributed by atoms with Crippen LogP contribution >= 0.6 is 23.2 Å². The van der Waals surface area contributed by atoms with Crippen LogP contribution in [0.2, 0.25) is 10.0 Å². The number of nitrogens with zero attached hydrogens (tertiary/aromatic N) is 2. The molecule has 0 radical (unpaired) electrons. The highest BCUT2D eigenvalue weighted by molar-refractivity contribution is 6.42. The van der Waals surface area contributed by atoms with Crippen LogP contribution in [0.25, 0.3) is 0 Å². The molecule has 1 aliphatic rings. The Kier molecular flexibility index (Phi) is 5.74. The fraction of sp³-hybridized carbons (Fsp3) is 0.364. The van der Waals surface area contributed by atoms with Gasteiger partial charge in [0.2, 0.25) is 0 Å². The fourth-order valence-electron chi connectivity index (χ4n) is 3.74. The van der Waals surface area contributed by atoms with Gasteiger partial charge in [-0.15, -0.1) is 0 Å². The molecule has 2 aromatic rings. The highest BCUT2D eigenvalue weighted by Crippen LogP contribution is 2.43. The SMILES string of the molecule is Cc1cc2c(cc1/C=N\NC(=O)c1ccc(Cl)c(Cl)c1)[C@H](C)CC(C)(C)N2C. The normalized spacial score (nSPS) is 18.2. The number of rotatable bonds is 3. The third kappa shape index (κ3) is 4.03. The van der Waals surface area contributed by atoms with Gasteiger partial charge in [0.15, 0.2) is 0 Å². The first-order valence-corrected chi connectivity index (χ1v) is 10.0. The smallest absolute Gasteiger partial charge is 0.271 e. The number of fused-ring (bicyclic) bond motifs is 1. The van der Waals surface area contributed by atoms with Gasteiger partial charge < -0.3 is 4.90 Å². The summed E-state index contributed by atoms with van der Waals surface area (Å²) < 4.78 is 0. The summed E-state index contributed by atoms with van der Waals surface area (Å²) in [6.45, 7) is 8.86. The summed E-state index contributed by atoms with van der Waals surface area (Å²) >= 11 is 11.9. The standard InChI is InChI=1S/C22H25Cl2N3O/c1-13-8-20-17(14(2)11-22(3,4)27(20)5)9-16(13)12-25-26-21(28)15-6-7-18(23)19(24)10-15/h6-10,12,14H,11H2,1-5H3,(H,26,28)/b25-12-/t14-/m1/s1. The molecule has 1 heterocycles. The van der Waals surface area contributed by atoms with Gasteiger partial charge in [0.05, 0.1) is 16.3 Å². The average molecular weight is 418 g/mol. The van der Waals surface area contributed by atoms with Crippen LogP contribution in [0.15, 0.2) is 35.4 Å². The van der Waals surface area contributed by atoms with Gasteiger partial charge in [0.1, 0.15) is 0 Å². The van der Waals surface area contributed by atoms with Crippen molar-refractivity contribution in [2.45, 2.75) is 45.6 Å². The van der Waals surface area contributed by atoms with E-state index in [-0.39, 0.29) is 11.4 Å². The maximum Gasteiger partial charge on any atom is 0.271 e. The highest BCUT2D eigenvalue weighted by Gasteiger charge is 2.34. The van der Waals surface area contributed by atoms with E-state index in [0.717, 1.165) is 17.5 Å². The number of amides is 1. The van der Waals surface area contributed by atoms with Crippen molar-refractivity contribution in [3.8, 4) is 0 Å². The Hall–Kier alpha value is -2.04. The van der Waals surface area contributed by atoms with Crippen molar-refractivity contribution in [2.24, 2.45) is 5.10 Å². The first kappa shape index (κ1) is 20.7. The van der Waals surface area contributed by atoms with Crippen LogP contribution in [-0.4, -0.2) is 24.7 Å². The summed E-state index contributed by atoms with van der Waals surface area (Å²) in [7, 11) is 2.15. The summed E-state index contributed by atoms with van der Waals surface area (Å²) in [6, 6.07) is 9.11. The third-order valence-electron chi connectivity index (χ3n) is 5.57. The van der Waals surface area contributed by atoms with E-state index in [9.17, 15) is 4.79 Å². The summed E-state index contributed by atoms with van der Waals surface area (Å²) in [4.78, 5) is 14.6. The Morgan fingerprint density at radius 3 is 2.64 bits per heavy atom. The van der Waals surface area contributed by atoms with Crippen molar-refractivity contribution in [1.29, 1.82) is 0 Å². The van der Waals surface area contributed by atoms with Crippen LogP contribution in [0.3, 0.4) is 0 Å². The first-order chi connectivity index (χ1) is 13.1. The predicted octanol–water partition coefficient (Wildman–Crippen LogP) is 5.79.